The molecule has 0 aromatic heterocycles. The van der Waals surface area contributed by atoms with Crippen molar-refractivity contribution in [2.75, 3.05) is 44.1 Å². The quantitative estimate of drug-likeness (QED) is 0.129. The normalized spacial score (nSPS) is 24.2. The molecule has 0 aliphatic heterocycles. The second-order valence-corrected chi connectivity index (χ2v) is 12.1. The van der Waals surface area contributed by atoms with E-state index in [1.807, 2.05) is 0 Å². The van der Waals surface area contributed by atoms with E-state index in [0.717, 1.165) is 5.56 Å². The van der Waals surface area contributed by atoms with Crippen molar-refractivity contribution in [2.24, 2.45) is 17.6 Å². The van der Waals surface area contributed by atoms with E-state index in [4.69, 9.17) is 11.5 Å². The summed E-state index contributed by atoms with van der Waals surface area (Å²) in [5.41, 5.74) is 9.16. The van der Waals surface area contributed by atoms with Gasteiger partial charge in [-0.25, -0.2) is 4.79 Å². The van der Waals surface area contributed by atoms with Crippen LogP contribution in [0.3, 0.4) is 0 Å². The third-order valence-corrected chi connectivity index (χ3v) is 8.86. The van der Waals surface area contributed by atoms with Crippen LogP contribution in [0.15, 0.2) is 53.0 Å². The van der Waals surface area contributed by atoms with Gasteiger partial charge in [-0.15, -0.1) is 0 Å². The molecule has 0 saturated carbocycles. The van der Waals surface area contributed by atoms with Crippen LogP contribution in [0.25, 0.3) is 0 Å². The number of carbonyl (C=O) groups excluding carboxylic acids is 4. The molecule has 0 spiro atoms. The van der Waals surface area contributed by atoms with Crippen molar-refractivity contribution in [1.29, 1.82) is 0 Å². The number of anilines is 3. The Morgan fingerprint density at radius 1 is 1.07 bits per heavy atom. The van der Waals surface area contributed by atoms with Crippen molar-refractivity contribution in [3.63, 3.8) is 0 Å². The van der Waals surface area contributed by atoms with Gasteiger partial charge in [-0.2, -0.15) is 0 Å². The molecule has 0 heterocycles. The van der Waals surface area contributed by atoms with Gasteiger partial charge >= 0.3 is 6.03 Å². The van der Waals surface area contributed by atoms with Crippen LogP contribution in [0.2, 0.25) is 0 Å². The monoisotopic (exact) mass is 620 g/mol. The first-order valence-electron chi connectivity index (χ1n) is 14.2. The Bertz CT molecular complexity index is 1700. The number of likely N-dealkylation sites (N-methyl/N-ethyl adjacent to an activating group) is 1. The fourth-order valence-electron chi connectivity index (χ4n) is 6.78. The molecule has 14 nitrogen and oxygen atoms in total. The summed E-state index contributed by atoms with van der Waals surface area (Å²) < 4.78 is 0. The zero-order valence-electron chi connectivity index (χ0n) is 25.2. The van der Waals surface area contributed by atoms with Gasteiger partial charge in [-0.1, -0.05) is 12.1 Å². The maximum absolute atomic E-state index is 14.1. The number of nitrogens with zero attached hydrogens (tertiary/aromatic N) is 2. The largest absolute Gasteiger partial charge is 0.510 e. The Labute approximate surface area is 258 Å². The first-order valence-corrected chi connectivity index (χ1v) is 14.2. The van der Waals surface area contributed by atoms with Crippen LogP contribution in [0.1, 0.15) is 27.9 Å². The maximum Gasteiger partial charge on any atom is 0.319 e. The number of fused-ring (bicyclic) bond motifs is 3. The number of nitrogens with two attached hydrogens (primary N) is 2. The van der Waals surface area contributed by atoms with Gasteiger partial charge < -0.3 is 47.4 Å². The van der Waals surface area contributed by atoms with Gasteiger partial charge in [0, 0.05) is 43.5 Å². The molecule has 3 aliphatic rings. The second-order valence-electron chi connectivity index (χ2n) is 12.1. The molecule has 3 amide bonds. The van der Waals surface area contributed by atoms with E-state index < -0.39 is 69.8 Å². The number of urea groups is 1. The van der Waals surface area contributed by atoms with E-state index in [1.165, 1.54) is 11.0 Å². The first kappa shape index (κ1) is 31.3. The number of phenolic OH excluding ortho intramolecular Hbond substituents is 1. The van der Waals surface area contributed by atoms with Crippen molar-refractivity contribution >= 4 is 40.6 Å². The fourth-order valence-corrected chi connectivity index (χ4v) is 6.78. The van der Waals surface area contributed by atoms with E-state index >= 15 is 0 Å². The van der Waals surface area contributed by atoms with Gasteiger partial charge in [0.1, 0.15) is 17.1 Å². The zero-order valence-corrected chi connectivity index (χ0v) is 25.2. The highest BCUT2D eigenvalue weighted by Gasteiger charge is 2.63. The van der Waals surface area contributed by atoms with Crippen LogP contribution in [0.4, 0.5) is 21.9 Å². The number of primary amides is 1. The highest BCUT2D eigenvalue weighted by atomic mass is 16.3. The molecule has 0 fully saturated rings. The summed E-state index contributed by atoms with van der Waals surface area (Å²) in [6, 6.07) is 6.64. The molecule has 3 aliphatic carbocycles. The molecule has 0 saturated heterocycles. The predicted molar refractivity (Wildman–Crippen MR) is 165 cm³/mol. The minimum atomic E-state index is -2.75. The van der Waals surface area contributed by atoms with Gasteiger partial charge in [0.15, 0.2) is 17.1 Å². The molecular weight excluding hydrogens is 584 g/mol. The van der Waals surface area contributed by atoms with Crippen molar-refractivity contribution < 1.29 is 39.6 Å². The van der Waals surface area contributed by atoms with Gasteiger partial charge in [-0.3, -0.25) is 19.3 Å². The number of allylic oxidation sites excluding steroid dienone is 1. The van der Waals surface area contributed by atoms with Crippen molar-refractivity contribution in [2.45, 2.75) is 31.0 Å². The van der Waals surface area contributed by atoms with Gasteiger partial charge in [0.05, 0.1) is 17.3 Å². The van der Waals surface area contributed by atoms with E-state index in [2.05, 4.69) is 10.6 Å². The molecule has 4 atom stereocenters. The number of rotatable bonds is 6. The van der Waals surface area contributed by atoms with E-state index in [0.29, 0.717) is 16.9 Å². The van der Waals surface area contributed by atoms with Gasteiger partial charge in [0.2, 0.25) is 5.78 Å². The SMILES string of the molecule is CN(C)c1cc(NC(=O)NCc2ccc(N)cc2)c(O)c2c1C[C@H]1C[C@H]3[C@H](N(C)C)C(O)=C(C(N)=O)C(=O)[C@@]3(O)C(O)=C1C2=O. The molecule has 5 rings (SSSR count). The molecular formula is C31H36N6O8. The smallest absolute Gasteiger partial charge is 0.319 e. The van der Waals surface area contributed by atoms with Crippen LogP contribution in [0, 0.1) is 11.8 Å². The Kier molecular flexibility index (Phi) is 7.75. The van der Waals surface area contributed by atoms with E-state index in [9.17, 15) is 39.6 Å². The third-order valence-electron chi connectivity index (χ3n) is 8.86. The van der Waals surface area contributed by atoms with Gasteiger partial charge in [-0.05, 0) is 62.2 Å². The highest BCUT2D eigenvalue weighted by molar-refractivity contribution is 6.25. The topological polar surface area (TPSA) is 232 Å². The lowest BCUT2D eigenvalue weighted by molar-refractivity contribution is -0.148. The number of amides is 3. The lowest BCUT2D eigenvalue weighted by atomic mass is 9.58. The Morgan fingerprint density at radius 3 is 2.29 bits per heavy atom. The summed E-state index contributed by atoms with van der Waals surface area (Å²) in [5.74, 6) is -7.49. The summed E-state index contributed by atoms with van der Waals surface area (Å²) in [5, 5.41) is 50.8. The summed E-state index contributed by atoms with van der Waals surface area (Å²) >= 11 is 0. The predicted octanol–water partition coefficient (Wildman–Crippen LogP) is 1.09. The van der Waals surface area contributed by atoms with Crippen LogP contribution < -0.4 is 27.0 Å². The molecule has 238 valence electrons. The van der Waals surface area contributed by atoms with Crippen LogP contribution in [-0.4, -0.2) is 88.7 Å². The minimum absolute atomic E-state index is 0.0348. The Hall–Kier alpha value is -5.08. The van der Waals surface area contributed by atoms with Crippen LogP contribution >= 0.6 is 0 Å². The number of Topliss-reactive ketones (excluding diaryl/α,β-unsaturated/α-hetero) is 2. The highest BCUT2D eigenvalue weighted by Crippen LogP contribution is 2.53. The summed E-state index contributed by atoms with van der Waals surface area (Å²) in [6.45, 7) is 0.152. The molecule has 2 aromatic carbocycles. The second kappa shape index (κ2) is 11.1. The number of ketones is 2. The Balaban J connectivity index is 1.57. The number of nitrogens with one attached hydrogen (secondary N) is 2. The number of carbonyl (C=O) groups is 4. The summed E-state index contributed by atoms with van der Waals surface area (Å²) in [4.78, 5) is 55.8. The van der Waals surface area contributed by atoms with Crippen molar-refractivity contribution in [3.8, 4) is 5.75 Å². The number of nitrogen functional groups attached to an aromatic ring is 1. The number of benzene rings is 2. The van der Waals surface area contributed by atoms with Crippen molar-refractivity contribution in [3.05, 3.63) is 69.7 Å². The lowest BCUT2D eigenvalue weighted by Gasteiger charge is -2.50. The molecule has 2 aromatic rings. The summed E-state index contributed by atoms with van der Waals surface area (Å²) in [6.07, 6.45) is 0.0756. The Morgan fingerprint density at radius 2 is 1.71 bits per heavy atom. The van der Waals surface area contributed by atoms with Crippen molar-refractivity contribution in [1.82, 2.24) is 10.2 Å². The molecule has 14 heteroatoms. The standard InChI is InChI=1S/C31H36N6O8/c1-36(2)19-11-18(35-30(44)34-12-13-5-7-15(32)8-6-13)24(38)21-16(19)9-14-10-17-23(37(3)4)26(40)22(29(33)43)28(42)31(17,45)27(41)20(14)25(21)39/h5-8,11,14,17,23,38,40-41,45H,9-10,12,32H2,1-4H3,(H2,33,43)(H2,34,35,44)/t14-,17-,23-,31-/m0/s1. The number of aliphatic hydroxyl groups excluding tert-OH is 2. The van der Waals surface area contributed by atoms with E-state index in [-0.39, 0.29) is 36.2 Å². The van der Waals surface area contributed by atoms with Crippen LogP contribution in [0.5, 0.6) is 5.75 Å². The minimum Gasteiger partial charge on any atom is -0.510 e. The first-order chi connectivity index (χ1) is 21.1. The fraction of sp³-hybridized carbons (Fsp3) is 0.355. The summed E-state index contributed by atoms with van der Waals surface area (Å²) in [7, 11) is 6.58. The molecule has 45 heavy (non-hydrogen) atoms. The van der Waals surface area contributed by atoms with Crippen LogP contribution in [-0.2, 0) is 22.6 Å². The molecule has 0 radical (unpaired) electrons. The zero-order chi connectivity index (χ0) is 33.1. The molecule has 10 N–H and O–H groups in total. The lowest BCUT2D eigenvalue weighted by Crippen LogP contribution is -2.63. The average Bonchev–Trinajstić information content (AvgIpc) is 2.95. The molecule has 0 unspecified atom stereocenters. The number of phenols is 1. The number of hydrogen-bond donors (Lipinski definition) is 8. The van der Waals surface area contributed by atoms with Gasteiger partial charge in [0.25, 0.3) is 5.91 Å². The maximum atomic E-state index is 14.1. The molecule has 0 bridgehead atoms. The number of aliphatic hydroxyl groups is 3. The average molecular weight is 621 g/mol. The number of aromatic hydroxyl groups is 1. The third kappa shape index (κ3) is 4.91. The number of hydrogen-bond acceptors (Lipinski definition) is 11. The van der Waals surface area contributed by atoms with E-state index in [1.54, 1.807) is 57.4 Å².